The highest BCUT2D eigenvalue weighted by Crippen LogP contribution is 2.36. The Morgan fingerprint density at radius 3 is 1.54 bits per heavy atom. The lowest BCUT2D eigenvalue weighted by Gasteiger charge is -2.32. The average molecular weight is 375 g/mol. The van der Waals surface area contributed by atoms with Crippen LogP contribution < -0.4 is 11.1 Å². The summed E-state index contributed by atoms with van der Waals surface area (Å²) >= 11 is 0. The first kappa shape index (κ1) is 25.8. The number of nitrogens with two attached hydrogens (primary N) is 1. The van der Waals surface area contributed by atoms with Gasteiger partial charge in [-0.1, -0.05) is 51.4 Å². The second-order valence-electron chi connectivity index (χ2n) is 7.94. The van der Waals surface area contributed by atoms with E-state index in [9.17, 15) is 15.3 Å². The number of hydrogen-bond donors (Lipinski definition) is 5. The third-order valence-corrected chi connectivity index (χ3v) is 5.66. The minimum absolute atomic E-state index is 0.0757. The van der Waals surface area contributed by atoms with Gasteiger partial charge in [0.2, 0.25) is 0 Å². The van der Waals surface area contributed by atoms with E-state index in [4.69, 9.17) is 5.73 Å². The van der Waals surface area contributed by atoms with Gasteiger partial charge in [-0.15, -0.1) is 0 Å². The molecule has 0 aliphatic rings. The van der Waals surface area contributed by atoms with Crippen LogP contribution in [0.3, 0.4) is 0 Å². The third-order valence-electron chi connectivity index (χ3n) is 5.66. The van der Waals surface area contributed by atoms with Crippen LogP contribution in [0, 0.1) is 5.41 Å². The molecule has 0 radical (unpaired) electrons. The van der Waals surface area contributed by atoms with Gasteiger partial charge < -0.3 is 26.4 Å². The zero-order valence-electron chi connectivity index (χ0n) is 17.2. The van der Waals surface area contributed by atoms with Crippen LogP contribution in [0.25, 0.3) is 0 Å². The number of rotatable bonds is 20. The van der Waals surface area contributed by atoms with Crippen LogP contribution in [0.4, 0.5) is 0 Å². The first-order valence-corrected chi connectivity index (χ1v) is 10.9. The molecule has 6 N–H and O–H groups in total. The summed E-state index contributed by atoms with van der Waals surface area (Å²) in [7, 11) is 0. The van der Waals surface area contributed by atoms with Crippen LogP contribution in [-0.4, -0.2) is 54.3 Å². The zero-order valence-corrected chi connectivity index (χ0v) is 17.2. The Morgan fingerprint density at radius 2 is 1.12 bits per heavy atom. The summed E-state index contributed by atoms with van der Waals surface area (Å²) in [6.07, 6.45) is 14.5. The Morgan fingerprint density at radius 1 is 0.692 bits per heavy atom. The molecular formula is C21H46N2O3. The topological polar surface area (TPSA) is 98.7 Å². The van der Waals surface area contributed by atoms with Crippen molar-refractivity contribution in [1.29, 1.82) is 0 Å². The van der Waals surface area contributed by atoms with Crippen molar-refractivity contribution < 1.29 is 15.3 Å². The molecule has 0 aromatic heterocycles. The second-order valence-corrected chi connectivity index (χ2v) is 7.94. The molecule has 1 unspecified atom stereocenters. The molecule has 5 nitrogen and oxygen atoms in total. The first-order chi connectivity index (χ1) is 12.6. The molecule has 0 aliphatic carbocycles. The van der Waals surface area contributed by atoms with Crippen molar-refractivity contribution in [1.82, 2.24) is 5.32 Å². The highest BCUT2D eigenvalue weighted by Gasteiger charge is 2.27. The van der Waals surface area contributed by atoms with Gasteiger partial charge in [-0.2, -0.15) is 0 Å². The molecule has 0 rings (SSSR count). The fourth-order valence-corrected chi connectivity index (χ4v) is 3.76. The molecule has 0 amide bonds. The molecule has 0 aliphatic heterocycles. The van der Waals surface area contributed by atoms with E-state index in [1.165, 1.54) is 51.4 Å². The van der Waals surface area contributed by atoms with Crippen LogP contribution in [0.5, 0.6) is 0 Å². The van der Waals surface area contributed by atoms with Crippen LogP contribution >= 0.6 is 0 Å². The van der Waals surface area contributed by atoms with E-state index in [0.29, 0.717) is 31.8 Å². The van der Waals surface area contributed by atoms with Crippen LogP contribution in [0.1, 0.15) is 90.4 Å². The molecular weight excluding hydrogens is 328 g/mol. The molecule has 0 aromatic rings. The normalized spacial score (nSPS) is 13.3. The minimum Gasteiger partial charge on any atom is -0.396 e. The van der Waals surface area contributed by atoms with Crippen molar-refractivity contribution >= 4 is 0 Å². The highest BCUT2D eigenvalue weighted by atomic mass is 16.3. The maximum atomic E-state index is 9.30. The number of aliphatic hydroxyl groups excluding tert-OH is 3. The van der Waals surface area contributed by atoms with Crippen LogP contribution in [0.2, 0.25) is 0 Å². The van der Waals surface area contributed by atoms with E-state index in [1.807, 2.05) is 0 Å². The molecule has 0 heterocycles. The SMILES string of the molecule is CC(CN)NCCCCCCCCCCCC(CCO)(CCO)CCO. The Balaban J connectivity index is 3.58. The molecule has 0 fully saturated rings. The maximum absolute atomic E-state index is 9.30. The minimum atomic E-state index is -0.0757. The molecule has 0 saturated heterocycles. The van der Waals surface area contributed by atoms with Crippen molar-refractivity contribution in [2.45, 2.75) is 96.4 Å². The summed E-state index contributed by atoms with van der Waals surface area (Å²) in [5.74, 6) is 0. The van der Waals surface area contributed by atoms with Crippen molar-refractivity contribution in [2.75, 3.05) is 32.9 Å². The van der Waals surface area contributed by atoms with Crippen molar-refractivity contribution in [2.24, 2.45) is 11.1 Å². The highest BCUT2D eigenvalue weighted by molar-refractivity contribution is 4.79. The lowest BCUT2D eigenvalue weighted by Crippen LogP contribution is -2.33. The van der Waals surface area contributed by atoms with Gasteiger partial charge >= 0.3 is 0 Å². The van der Waals surface area contributed by atoms with Gasteiger partial charge in [-0.05, 0) is 51.0 Å². The standard InChI is InChI=1S/C21H46N2O3/c1-20(19-22)23-15-10-8-6-4-2-3-5-7-9-11-21(12-16-24,13-17-25)14-18-26/h20,23-26H,2-19,22H2,1H3. The van der Waals surface area contributed by atoms with Gasteiger partial charge in [-0.25, -0.2) is 0 Å². The number of aliphatic hydroxyl groups is 3. The molecule has 0 aromatic carbocycles. The van der Waals surface area contributed by atoms with Gasteiger partial charge in [0.25, 0.3) is 0 Å². The van der Waals surface area contributed by atoms with Gasteiger partial charge in [0, 0.05) is 32.4 Å². The lowest BCUT2D eigenvalue weighted by molar-refractivity contribution is 0.0885. The van der Waals surface area contributed by atoms with Gasteiger partial charge in [-0.3, -0.25) is 0 Å². The summed E-state index contributed by atoms with van der Waals surface area (Å²) in [6, 6.07) is 0.431. The van der Waals surface area contributed by atoms with E-state index in [2.05, 4.69) is 12.2 Å². The predicted octanol–water partition coefficient (Wildman–Crippen LogP) is 2.96. The molecule has 0 saturated carbocycles. The van der Waals surface area contributed by atoms with E-state index in [-0.39, 0.29) is 25.2 Å². The summed E-state index contributed by atoms with van der Waals surface area (Å²) in [5.41, 5.74) is 5.50. The molecule has 5 heteroatoms. The van der Waals surface area contributed by atoms with Crippen LogP contribution in [-0.2, 0) is 0 Å². The zero-order chi connectivity index (χ0) is 19.5. The Kier molecular flexibility index (Phi) is 18.0. The largest absolute Gasteiger partial charge is 0.396 e. The summed E-state index contributed by atoms with van der Waals surface area (Å²) in [5, 5.41) is 31.3. The number of unbranched alkanes of at least 4 members (excludes halogenated alkanes) is 8. The Bertz CT molecular complexity index is 273. The van der Waals surface area contributed by atoms with E-state index < -0.39 is 0 Å². The van der Waals surface area contributed by atoms with Crippen molar-refractivity contribution in [3.8, 4) is 0 Å². The third kappa shape index (κ3) is 13.9. The predicted molar refractivity (Wildman–Crippen MR) is 110 cm³/mol. The molecule has 0 bridgehead atoms. The molecule has 1 atom stereocenters. The van der Waals surface area contributed by atoms with Crippen molar-refractivity contribution in [3.63, 3.8) is 0 Å². The first-order valence-electron chi connectivity index (χ1n) is 10.9. The van der Waals surface area contributed by atoms with E-state index in [0.717, 1.165) is 19.4 Å². The fourth-order valence-electron chi connectivity index (χ4n) is 3.76. The number of nitrogens with one attached hydrogen (secondary N) is 1. The monoisotopic (exact) mass is 374 g/mol. The average Bonchev–Trinajstić information content (AvgIpc) is 2.63. The van der Waals surface area contributed by atoms with Crippen LogP contribution in [0.15, 0.2) is 0 Å². The smallest absolute Gasteiger partial charge is 0.0436 e. The van der Waals surface area contributed by atoms with Crippen molar-refractivity contribution in [3.05, 3.63) is 0 Å². The Labute approximate surface area is 161 Å². The van der Waals surface area contributed by atoms with E-state index in [1.54, 1.807) is 0 Å². The quantitative estimate of drug-likeness (QED) is 0.211. The van der Waals surface area contributed by atoms with Gasteiger partial charge in [0.15, 0.2) is 0 Å². The maximum Gasteiger partial charge on any atom is 0.0436 e. The fraction of sp³-hybridized carbons (Fsp3) is 1.00. The molecule has 158 valence electrons. The number of hydrogen-bond acceptors (Lipinski definition) is 5. The summed E-state index contributed by atoms with van der Waals surface area (Å²) < 4.78 is 0. The summed E-state index contributed by atoms with van der Waals surface area (Å²) in [6.45, 7) is 4.33. The molecule has 0 spiro atoms. The summed E-state index contributed by atoms with van der Waals surface area (Å²) in [4.78, 5) is 0. The van der Waals surface area contributed by atoms with E-state index >= 15 is 0 Å². The second kappa shape index (κ2) is 18.2. The molecule has 26 heavy (non-hydrogen) atoms. The van der Waals surface area contributed by atoms with Gasteiger partial charge in [0.1, 0.15) is 0 Å². The lowest BCUT2D eigenvalue weighted by atomic mass is 9.74. The van der Waals surface area contributed by atoms with Gasteiger partial charge in [0.05, 0.1) is 0 Å². The Hall–Kier alpha value is -0.200.